The predicted octanol–water partition coefficient (Wildman–Crippen LogP) is 0.993. The van der Waals surface area contributed by atoms with Crippen LogP contribution in [0, 0.1) is 6.92 Å². The van der Waals surface area contributed by atoms with E-state index in [9.17, 15) is 4.79 Å². The fourth-order valence-corrected chi connectivity index (χ4v) is 2.37. The minimum atomic E-state index is -0.357. The van der Waals surface area contributed by atoms with Gasteiger partial charge in [-0.3, -0.25) is 5.10 Å². The van der Waals surface area contributed by atoms with E-state index in [1.54, 1.807) is 6.92 Å². The van der Waals surface area contributed by atoms with Gasteiger partial charge in [0, 0.05) is 7.05 Å². The van der Waals surface area contributed by atoms with Gasteiger partial charge in [0.15, 0.2) is 5.13 Å². The first-order chi connectivity index (χ1) is 8.61. The van der Waals surface area contributed by atoms with Crippen molar-refractivity contribution in [1.82, 2.24) is 20.2 Å². The molecule has 18 heavy (non-hydrogen) atoms. The summed E-state index contributed by atoms with van der Waals surface area (Å²) in [6, 6.07) is 0. The topological polar surface area (TPSA) is 84.0 Å². The number of aromatic nitrogens is 4. The molecule has 0 aliphatic heterocycles. The minimum Gasteiger partial charge on any atom is -0.465 e. The number of carbonyl (C=O) groups is 1. The number of carbonyl (C=O) groups excluding carboxylic acids is 1. The van der Waals surface area contributed by atoms with Gasteiger partial charge in [-0.15, -0.1) is 0 Å². The predicted molar refractivity (Wildman–Crippen MR) is 66.7 cm³/mol. The average molecular weight is 267 g/mol. The molecule has 0 unspecified atom stereocenters. The Morgan fingerprint density at radius 2 is 2.39 bits per heavy atom. The third-order valence-electron chi connectivity index (χ3n) is 2.33. The molecule has 0 spiro atoms. The lowest BCUT2D eigenvalue weighted by atomic mass is 10.4. The van der Waals surface area contributed by atoms with Gasteiger partial charge < -0.3 is 9.64 Å². The summed E-state index contributed by atoms with van der Waals surface area (Å²) in [5.74, 6) is 0.384. The van der Waals surface area contributed by atoms with E-state index in [1.807, 2.05) is 11.9 Å². The van der Waals surface area contributed by atoms with Crippen LogP contribution in [-0.2, 0) is 11.3 Å². The van der Waals surface area contributed by atoms with Crippen LogP contribution in [0.5, 0.6) is 0 Å². The van der Waals surface area contributed by atoms with Gasteiger partial charge in [-0.2, -0.15) is 5.10 Å². The minimum absolute atomic E-state index is 0.357. The molecule has 7 nitrogen and oxygen atoms in total. The molecule has 0 aliphatic carbocycles. The highest BCUT2D eigenvalue weighted by Crippen LogP contribution is 2.26. The quantitative estimate of drug-likeness (QED) is 0.832. The van der Waals surface area contributed by atoms with Crippen molar-refractivity contribution in [2.45, 2.75) is 13.5 Å². The van der Waals surface area contributed by atoms with Crippen molar-refractivity contribution in [1.29, 1.82) is 0 Å². The molecule has 0 aliphatic rings. The molecule has 0 bridgehead atoms. The Kier molecular flexibility index (Phi) is 3.56. The Labute approximate surface area is 108 Å². The van der Waals surface area contributed by atoms with Crippen LogP contribution in [0.25, 0.3) is 0 Å². The molecule has 96 valence electrons. The molecule has 2 aromatic rings. The number of nitrogens with one attached hydrogen (secondary N) is 1. The number of methoxy groups -OCH3 is 1. The number of aromatic amines is 1. The number of aryl methyl sites for hydroxylation is 1. The van der Waals surface area contributed by atoms with E-state index in [-0.39, 0.29) is 5.97 Å². The van der Waals surface area contributed by atoms with E-state index in [1.165, 1.54) is 24.8 Å². The number of H-pyrrole nitrogens is 1. The largest absolute Gasteiger partial charge is 0.465 e. The molecule has 0 saturated carbocycles. The van der Waals surface area contributed by atoms with Gasteiger partial charge in [0.05, 0.1) is 19.3 Å². The van der Waals surface area contributed by atoms with Gasteiger partial charge in [-0.25, -0.2) is 14.8 Å². The first kappa shape index (κ1) is 12.5. The smallest absolute Gasteiger partial charge is 0.350 e. The number of nitrogens with zero attached hydrogens (tertiary/aromatic N) is 4. The van der Waals surface area contributed by atoms with Crippen molar-refractivity contribution < 1.29 is 9.53 Å². The Hall–Kier alpha value is -1.96. The zero-order chi connectivity index (χ0) is 13.1. The summed E-state index contributed by atoms with van der Waals surface area (Å²) in [7, 11) is 3.24. The van der Waals surface area contributed by atoms with Gasteiger partial charge in [0.2, 0.25) is 0 Å². The molecular weight excluding hydrogens is 254 g/mol. The summed E-state index contributed by atoms with van der Waals surface area (Å²) in [5, 5.41) is 7.29. The van der Waals surface area contributed by atoms with Gasteiger partial charge >= 0.3 is 5.97 Å². The lowest BCUT2D eigenvalue weighted by Crippen LogP contribution is -2.17. The first-order valence-corrected chi connectivity index (χ1v) is 6.04. The summed E-state index contributed by atoms with van der Waals surface area (Å²) < 4.78 is 4.70. The molecule has 0 amide bonds. The summed E-state index contributed by atoms with van der Waals surface area (Å²) in [4.78, 5) is 22.3. The maximum absolute atomic E-state index is 11.5. The monoisotopic (exact) mass is 267 g/mol. The highest BCUT2D eigenvalue weighted by Gasteiger charge is 2.18. The second kappa shape index (κ2) is 5.13. The highest BCUT2D eigenvalue weighted by atomic mass is 32.1. The van der Waals surface area contributed by atoms with Crippen LogP contribution in [0.15, 0.2) is 6.33 Å². The van der Waals surface area contributed by atoms with Crippen LogP contribution in [0.3, 0.4) is 0 Å². The van der Waals surface area contributed by atoms with Crippen LogP contribution in [0.1, 0.15) is 21.2 Å². The summed E-state index contributed by atoms with van der Waals surface area (Å²) in [5.41, 5.74) is 0.672. The van der Waals surface area contributed by atoms with Crippen LogP contribution < -0.4 is 4.90 Å². The van der Waals surface area contributed by atoms with Crippen molar-refractivity contribution in [3.8, 4) is 0 Å². The maximum atomic E-state index is 11.5. The normalized spacial score (nSPS) is 10.4. The summed E-state index contributed by atoms with van der Waals surface area (Å²) >= 11 is 1.30. The van der Waals surface area contributed by atoms with E-state index in [0.29, 0.717) is 17.1 Å². The lowest BCUT2D eigenvalue weighted by Gasteiger charge is -2.12. The Balaban J connectivity index is 2.16. The fourth-order valence-electron chi connectivity index (χ4n) is 1.43. The Bertz CT molecular complexity index is 536. The van der Waals surface area contributed by atoms with Crippen molar-refractivity contribution in [2.75, 3.05) is 19.1 Å². The van der Waals surface area contributed by atoms with Crippen molar-refractivity contribution in [3.63, 3.8) is 0 Å². The van der Waals surface area contributed by atoms with E-state index in [4.69, 9.17) is 4.74 Å². The fraction of sp³-hybridized carbons (Fsp3) is 0.400. The van der Waals surface area contributed by atoms with Gasteiger partial charge in [0.1, 0.15) is 17.0 Å². The van der Waals surface area contributed by atoms with Gasteiger partial charge in [0.25, 0.3) is 0 Å². The molecule has 2 rings (SSSR count). The number of anilines is 1. The first-order valence-electron chi connectivity index (χ1n) is 5.23. The van der Waals surface area contributed by atoms with Crippen LogP contribution in [0.4, 0.5) is 5.13 Å². The van der Waals surface area contributed by atoms with Gasteiger partial charge in [-0.1, -0.05) is 11.3 Å². The Morgan fingerprint density at radius 1 is 1.61 bits per heavy atom. The van der Waals surface area contributed by atoms with Crippen LogP contribution in [0.2, 0.25) is 0 Å². The third-order valence-corrected chi connectivity index (χ3v) is 3.59. The molecule has 2 heterocycles. The zero-order valence-electron chi connectivity index (χ0n) is 10.3. The molecule has 0 fully saturated rings. The van der Waals surface area contributed by atoms with E-state index in [0.717, 1.165) is 11.0 Å². The third kappa shape index (κ3) is 2.48. The number of thiazole rings is 1. The SMILES string of the molecule is COC(=O)c1sc(N(C)Cc2ncn[nH]2)nc1C. The summed E-state index contributed by atoms with van der Waals surface area (Å²) in [6.45, 7) is 2.34. The Morgan fingerprint density at radius 3 is 3.00 bits per heavy atom. The average Bonchev–Trinajstić information content (AvgIpc) is 2.97. The van der Waals surface area contributed by atoms with E-state index in [2.05, 4.69) is 20.2 Å². The molecule has 0 aromatic carbocycles. The van der Waals surface area contributed by atoms with Gasteiger partial charge in [-0.05, 0) is 6.92 Å². The van der Waals surface area contributed by atoms with Crippen molar-refractivity contribution in [2.24, 2.45) is 0 Å². The number of hydrogen-bond donors (Lipinski definition) is 1. The summed E-state index contributed by atoms with van der Waals surface area (Å²) in [6.07, 6.45) is 1.45. The van der Waals surface area contributed by atoms with Crippen molar-refractivity contribution >= 4 is 22.4 Å². The highest BCUT2D eigenvalue weighted by molar-refractivity contribution is 7.17. The van der Waals surface area contributed by atoms with E-state index < -0.39 is 0 Å². The molecular formula is C10H13N5O2S. The number of esters is 1. The molecule has 0 radical (unpaired) electrons. The molecule has 1 N–H and O–H groups in total. The van der Waals surface area contributed by atoms with E-state index >= 15 is 0 Å². The number of hydrogen-bond acceptors (Lipinski definition) is 7. The molecule has 2 aromatic heterocycles. The van der Waals surface area contributed by atoms with Crippen LogP contribution >= 0.6 is 11.3 Å². The number of rotatable bonds is 4. The lowest BCUT2D eigenvalue weighted by molar-refractivity contribution is 0.0605. The molecule has 0 saturated heterocycles. The second-order valence-electron chi connectivity index (χ2n) is 3.69. The van der Waals surface area contributed by atoms with Crippen LogP contribution in [-0.4, -0.2) is 40.3 Å². The second-order valence-corrected chi connectivity index (χ2v) is 4.67. The van der Waals surface area contributed by atoms with Crippen molar-refractivity contribution in [3.05, 3.63) is 22.7 Å². The zero-order valence-corrected chi connectivity index (χ0v) is 11.1. The molecule has 8 heteroatoms. The standard InChI is InChI=1S/C10H13N5O2S/c1-6-8(9(16)17-3)18-10(13-6)15(2)4-7-11-5-12-14-7/h5H,4H2,1-3H3,(H,11,12,14). The number of ether oxygens (including phenoxy) is 1. The maximum Gasteiger partial charge on any atom is 0.350 e. The molecule has 0 atom stereocenters.